The Morgan fingerprint density at radius 1 is 1.09 bits per heavy atom. The van der Waals surface area contributed by atoms with Gasteiger partial charge in [-0.2, -0.15) is 4.98 Å². The summed E-state index contributed by atoms with van der Waals surface area (Å²) in [7, 11) is 3.51. The lowest BCUT2D eigenvalue weighted by Crippen LogP contribution is -2.29. The fourth-order valence-electron chi connectivity index (χ4n) is 4.00. The number of aromatic nitrogens is 5. The average molecular weight is 432 g/mol. The Morgan fingerprint density at radius 3 is 2.62 bits per heavy atom. The van der Waals surface area contributed by atoms with Gasteiger partial charge in [0.2, 0.25) is 5.88 Å². The summed E-state index contributed by atoms with van der Waals surface area (Å²) in [6.45, 7) is 2.73. The fourth-order valence-corrected chi connectivity index (χ4v) is 4.00. The third-order valence-electron chi connectivity index (χ3n) is 5.69. The molecule has 10 nitrogen and oxygen atoms in total. The van der Waals surface area contributed by atoms with Gasteiger partial charge in [-0.3, -0.25) is 9.13 Å². The number of imidazole rings is 1. The molecule has 4 aromatic rings. The number of benzene rings is 1. The molecule has 0 amide bonds. The van der Waals surface area contributed by atoms with E-state index in [0.717, 1.165) is 16.7 Å². The number of carboxylic acid groups (broad SMARTS) is 1. The Hall–Kier alpha value is -4.21. The number of aromatic carboxylic acids is 1. The Morgan fingerprint density at radius 2 is 1.88 bits per heavy atom. The topological polar surface area (TPSA) is 115 Å². The maximum absolute atomic E-state index is 12.3. The normalized spacial score (nSPS) is 13.2. The van der Waals surface area contributed by atoms with Crippen molar-refractivity contribution < 1.29 is 14.6 Å². The van der Waals surface area contributed by atoms with Crippen molar-refractivity contribution in [2.24, 2.45) is 14.1 Å². The largest absolute Gasteiger partial charge is 0.477 e. The first-order chi connectivity index (χ1) is 15.3. The maximum atomic E-state index is 12.3. The second-order valence-electron chi connectivity index (χ2n) is 7.65. The molecule has 1 aliphatic heterocycles. The van der Waals surface area contributed by atoms with Gasteiger partial charge in [0.15, 0.2) is 11.5 Å². The minimum atomic E-state index is -1.08. The van der Waals surface area contributed by atoms with Crippen molar-refractivity contribution in [2.45, 2.75) is 6.92 Å². The van der Waals surface area contributed by atoms with E-state index in [1.165, 1.54) is 6.20 Å². The molecule has 5 rings (SSSR count). The van der Waals surface area contributed by atoms with E-state index in [4.69, 9.17) is 4.74 Å². The van der Waals surface area contributed by atoms with Crippen LogP contribution in [0, 0.1) is 6.92 Å². The number of hydrogen-bond donors (Lipinski definition) is 1. The average Bonchev–Trinajstić information content (AvgIpc) is 3.01. The SMILES string of the molecule is Cc1cc(-c2ncc3c(n2)OCCN3c2ccc3c(c2)n(C)c(=O)n3C)cnc1C(=O)O. The molecule has 162 valence electrons. The molecule has 4 heterocycles. The van der Waals surface area contributed by atoms with E-state index < -0.39 is 5.97 Å². The van der Waals surface area contributed by atoms with E-state index in [2.05, 4.69) is 19.9 Å². The zero-order chi connectivity index (χ0) is 22.6. The highest BCUT2D eigenvalue weighted by atomic mass is 16.5. The van der Waals surface area contributed by atoms with Gasteiger partial charge in [0.1, 0.15) is 12.3 Å². The molecule has 0 bridgehead atoms. The smallest absolute Gasteiger partial charge is 0.354 e. The van der Waals surface area contributed by atoms with Gasteiger partial charge in [0.05, 0.1) is 23.8 Å². The van der Waals surface area contributed by atoms with Crippen LogP contribution in [0.3, 0.4) is 0 Å². The third-order valence-corrected chi connectivity index (χ3v) is 5.69. The molecule has 0 saturated carbocycles. The molecule has 3 aromatic heterocycles. The molecule has 0 unspecified atom stereocenters. The molecule has 1 aromatic carbocycles. The number of hydrogen-bond acceptors (Lipinski definition) is 7. The third kappa shape index (κ3) is 2.99. The molecule has 0 saturated heterocycles. The van der Waals surface area contributed by atoms with Gasteiger partial charge >= 0.3 is 11.7 Å². The van der Waals surface area contributed by atoms with Gasteiger partial charge in [-0.25, -0.2) is 19.6 Å². The molecule has 10 heteroatoms. The van der Waals surface area contributed by atoms with Crippen LogP contribution in [-0.4, -0.2) is 48.3 Å². The van der Waals surface area contributed by atoms with E-state index in [0.29, 0.717) is 41.7 Å². The summed E-state index contributed by atoms with van der Waals surface area (Å²) >= 11 is 0. The Balaban J connectivity index is 1.55. The zero-order valence-corrected chi connectivity index (χ0v) is 17.7. The van der Waals surface area contributed by atoms with Crippen LogP contribution in [0.4, 0.5) is 11.4 Å². The summed E-state index contributed by atoms with van der Waals surface area (Å²) in [5.41, 5.74) is 4.37. The monoisotopic (exact) mass is 432 g/mol. The number of pyridine rings is 1. The molecule has 1 aliphatic rings. The highest BCUT2D eigenvalue weighted by Crippen LogP contribution is 2.36. The van der Waals surface area contributed by atoms with Crippen molar-refractivity contribution >= 4 is 28.4 Å². The van der Waals surface area contributed by atoms with Gasteiger partial charge in [-0.15, -0.1) is 0 Å². The quantitative estimate of drug-likeness (QED) is 0.524. The first-order valence-corrected chi connectivity index (χ1v) is 9.98. The Bertz CT molecular complexity index is 1460. The van der Waals surface area contributed by atoms with Crippen LogP contribution in [0.1, 0.15) is 16.1 Å². The number of carboxylic acids is 1. The summed E-state index contributed by atoms with van der Waals surface area (Å²) < 4.78 is 9.04. The zero-order valence-electron chi connectivity index (χ0n) is 17.7. The summed E-state index contributed by atoms with van der Waals surface area (Å²) in [5.74, 6) is -0.241. The lowest BCUT2D eigenvalue weighted by molar-refractivity contribution is 0.0689. The second kappa shape index (κ2) is 7.19. The highest BCUT2D eigenvalue weighted by Gasteiger charge is 2.24. The van der Waals surface area contributed by atoms with Crippen LogP contribution >= 0.6 is 0 Å². The van der Waals surface area contributed by atoms with Crippen LogP contribution in [0.25, 0.3) is 22.4 Å². The first kappa shape index (κ1) is 19.7. The lowest BCUT2D eigenvalue weighted by atomic mass is 10.1. The number of carbonyl (C=O) groups is 1. The highest BCUT2D eigenvalue weighted by molar-refractivity contribution is 5.87. The molecule has 0 atom stereocenters. The van der Waals surface area contributed by atoms with Crippen LogP contribution in [-0.2, 0) is 14.1 Å². The summed E-state index contributed by atoms with van der Waals surface area (Å²) in [6.07, 6.45) is 3.13. The lowest BCUT2D eigenvalue weighted by Gasteiger charge is -2.30. The van der Waals surface area contributed by atoms with Gasteiger partial charge in [-0.1, -0.05) is 0 Å². The molecule has 0 radical (unpaired) electrons. The summed E-state index contributed by atoms with van der Waals surface area (Å²) in [4.78, 5) is 38.6. The fraction of sp³-hybridized carbons (Fsp3) is 0.227. The summed E-state index contributed by atoms with van der Waals surface area (Å²) in [6, 6.07) is 7.55. The van der Waals surface area contributed by atoms with Crippen molar-refractivity contribution in [3.05, 3.63) is 58.4 Å². The predicted octanol–water partition coefficient (Wildman–Crippen LogP) is 2.27. The van der Waals surface area contributed by atoms with Gasteiger partial charge in [0.25, 0.3) is 0 Å². The number of aryl methyl sites for hydroxylation is 3. The van der Waals surface area contributed by atoms with E-state index >= 15 is 0 Å². The Kier molecular flexibility index (Phi) is 4.43. The molecule has 32 heavy (non-hydrogen) atoms. The van der Waals surface area contributed by atoms with Crippen molar-refractivity contribution in [3.63, 3.8) is 0 Å². The van der Waals surface area contributed by atoms with Crippen LogP contribution < -0.4 is 15.3 Å². The van der Waals surface area contributed by atoms with Crippen molar-refractivity contribution in [1.82, 2.24) is 24.1 Å². The van der Waals surface area contributed by atoms with E-state index in [9.17, 15) is 14.7 Å². The number of anilines is 2. The minimum Gasteiger partial charge on any atom is -0.477 e. The predicted molar refractivity (Wildman–Crippen MR) is 118 cm³/mol. The Labute approximate surface area is 182 Å². The standard InChI is InChI=1S/C22H20N6O4/c1-12-8-13(10-23-18(12)21(29)30)19-24-11-17-20(25-19)32-7-6-28(17)14-4-5-15-16(9-14)27(3)22(31)26(15)2/h4-5,8-11H,6-7H2,1-3H3,(H,29,30). The molecule has 0 aliphatic carbocycles. The molecule has 0 fully saturated rings. The van der Waals surface area contributed by atoms with Crippen LogP contribution in [0.5, 0.6) is 5.88 Å². The molecular formula is C22H20N6O4. The second-order valence-corrected chi connectivity index (χ2v) is 7.65. The van der Waals surface area contributed by atoms with E-state index in [1.54, 1.807) is 42.4 Å². The summed E-state index contributed by atoms with van der Waals surface area (Å²) in [5, 5.41) is 9.18. The van der Waals surface area contributed by atoms with Gasteiger partial charge < -0.3 is 14.7 Å². The van der Waals surface area contributed by atoms with Gasteiger partial charge in [0, 0.05) is 31.5 Å². The number of ether oxygens (including phenoxy) is 1. The van der Waals surface area contributed by atoms with Crippen molar-refractivity contribution in [2.75, 3.05) is 18.1 Å². The van der Waals surface area contributed by atoms with Gasteiger partial charge in [-0.05, 0) is 36.8 Å². The molecule has 1 N–H and O–H groups in total. The van der Waals surface area contributed by atoms with Crippen LogP contribution in [0.15, 0.2) is 41.5 Å². The van der Waals surface area contributed by atoms with E-state index in [-0.39, 0.29) is 11.4 Å². The number of fused-ring (bicyclic) bond motifs is 2. The maximum Gasteiger partial charge on any atom is 0.354 e. The van der Waals surface area contributed by atoms with Crippen LogP contribution in [0.2, 0.25) is 0 Å². The first-order valence-electron chi connectivity index (χ1n) is 9.98. The minimum absolute atomic E-state index is 0.000149. The van der Waals surface area contributed by atoms with Crippen molar-refractivity contribution in [1.29, 1.82) is 0 Å². The molecular weight excluding hydrogens is 412 g/mol. The molecule has 0 spiro atoms. The number of rotatable bonds is 3. The van der Waals surface area contributed by atoms with E-state index in [1.807, 2.05) is 18.2 Å². The number of nitrogens with zero attached hydrogens (tertiary/aromatic N) is 6. The van der Waals surface area contributed by atoms with Crippen molar-refractivity contribution in [3.8, 4) is 17.3 Å².